The van der Waals surface area contributed by atoms with Gasteiger partial charge in [0.05, 0.1) is 5.69 Å². The molecule has 68 valence electrons. The van der Waals surface area contributed by atoms with Crippen LogP contribution in [0.5, 0.6) is 0 Å². The number of hydrogen-bond acceptors (Lipinski definition) is 5. The molecule has 1 aromatic rings. The highest BCUT2D eigenvalue weighted by Crippen LogP contribution is 2.11. The van der Waals surface area contributed by atoms with Gasteiger partial charge < -0.3 is 5.73 Å². The van der Waals surface area contributed by atoms with Crippen LogP contribution >= 0.6 is 11.3 Å². The van der Waals surface area contributed by atoms with Crippen LogP contribution in [0.3, 0.4) is 0 Å². The highest BCUT2D eigenvalue weighted by Gasteiger charge is 2.07. The van der Waals surface area contributed by atoms with E-state index in [1.54, 1.807) is 5.38 Å². The van der Waals surface area contributed by atoms with Crippen molar-refractivity contribution in [1.82, 2.24) is 4.98 Å². The minimum atomic E-state index is -2.96. The molecule has 2 N–H and O–H groups in total. The molecule has 1 rings (SSSR count). The molecule has 0 unspecified atom stereocenters. The van der Waals surface area contributed by atoms with Gasteiger partial charge in [-0.15, -0.1) is 11.3 Å². The van der Waals surface area contributed by atoms with Crippen LogP contribution in [-0.2, 0) is 22.1 Å². The highest BCUT2D eigenvalue weighted by atomic mass is 32.2. The van der Waals surface area contributed by atoms with Crippen LogP contribution in [0, 0.1) is 0 Å². The fourth-order valence-corrected chi connectivity index (χ4v) is 2.75. The molecular formula is C6H10N2O2S2. The first-order valence-electron chi connectivity index (χ1n) is 3.32. The number of nitrogens with two attached hydrogens (primary N) is 1. The number of nitrogens with zero attached hydrogens (tertiary/aromatic N) is 1. The summed E-state index contributed by atoms with van der Waals surface area (Å²) in [5.74, 6) is 0.0116. The number of aromatic nitrogens is 1. The molecule has 0 saturated carbocycles. The summed E-state index contributed by atoms with van der Waals surface area (Å²) in [6.07, 6.45) is 1.19. The summed E-state index contributed by atoms with van der Waals surface area (Å²) in [5, 5.41) is 2.39. The van der Waals surface area contributed by atoms with Gasteiger partial charge in [-0.05, 0) is 0 Å². The monoisotopic (exact) mass is 206 g/mol. The fourth-order valence-electron chi connectivity index (χ4n) is 0.733. The quantitative estimate of drug-likeness (QED) is 0.764. The first-order chi connectivity index (χ1) is 5.51. The minimum absolute atomic E-state index is 0.0116. The van der Waals surface area contributed by atoms with Crippen molar-refractivity contribution in [3.63, 3.8) is 0 Å². The van der Waals surface area contributed by atoms with Crippen molar-refractivity contribution in [1.29, 1.82) is 0 Å². The van der Waals surface area contributed by atoms with E-state index in [0.29, 0.717) is 11.6 Å². The van der Waals surface area contributed by atoms with Gasteiger partial charge in [0.1, 0.15) is 10.8 Å². The van der Waals surface area contributed by atoms with Gasteiger partial charge in [0.2, 0.25) is 0 Å². The molecule has 0 fully saturated rings. The molecule has 0 bridgehead atoms. The number of sulfone groups is 1. The van der Waals surface area contributed by atoms with E-state index in [4.69, 9.17) is 5.73 Å². The second kappa shape index (κ2) is 3.51. The average molecular weight is 206 g/mol. The Labute approximate surface area is 75.4 Å². The van der Waals surface area contributed by atoms with Crippen molar-refractivity contribution < 1.29 is 8.42 Å². The zero-order valence-corrected chi connectivity index (χ0v) is 8.28. The number of thiazole rings is 1. The topological polar surface area (TPSA) is 73.0 Å². The molecule has 1 aromatic heterocycles. The van der Waals surface area contributed by atoms with Crippen molar-refractivity contribution >= 4 is 21.2 Å². The third-order valence-corrected chi connectivity index (χ3v) is 3.07. The Hall–Kier alpha value is -0.460. The van der Waals surface area contributed by atoms with Gasteiger partial charge >= 0.3 is 0 Å². The van der Waals surface area contributed by atoms with Crippen LogP contribution in [0.25, 0.3) is 0 Å². The summed E-state index contributed by atoms with van der Waals surface area (Å²) in [5.41, 5.74) is 6.07. The van der Waals surface area contributed by atoms with E-state index in [0.717, 1.165) is 5.69 Å². The van der Waals surface area contributed by atoms with Gasteiger partial charge in [-0.3, -0.25) is 0 Å². The Morgan fingerprint density at radius 2 is 2.33 bits per heavy atom. The normalized spacial score (nSPS) is 11.8. The molecule has 0 aliphatic rings. The third-order valence-electron chi connectivity index (χ3n) is 1.19. The SMILES string of the molecule is CS(=O)(=O)Cc1nc(CN)cs1. The molecule has 0 amide bonds. The first-order valence-corrected chi connectivity index (χ1v) is 6.26. The van der Waals surface area contributed by atoms with Crippen LogP contribution in [0.1, 0.15) is 10.7 Å². The van der Waals surface area contributed by atoms with Crippen molar-refractivity contribution in [3.8, 4) is 0 Å². The molecule has 0 aliphatic carbocycles. The zero-order valence-electron chi connectivity index (χ0n) is 6.65. The minimum Gasteiger partial charge on any atom is -0.325 e. The smallest absolute Gasteiger partial charge is 0.153 e. The molecule has 1 heterocycles. The van der Waals surface area contributed by atoms with Crippen LogP contribution in [0.15, 0.2) is 5.38 Å². The number of rotatable bonds is 3. The summed E-state index contributed by atoms with van der Waals surface area (Å²) in [6.45, 7) is 0.361. The lowest BCUT2D eigenvalue weighted by atomic mass is 10.5. The lowest BCUT2D eigenvalue weighted by Crippen LogP contribution is -2.01. The van der Waals surface area contributed by atoms with Gasteiger partial charge in [-0.1, -0.05) is 0 Å². The van der Waals surface area contributed by atoms with E-state index in [-0.39, 0.29) is 5.75 Å². The molecule has 0 aliphatic heterocycles. The highest BCUT2D eigenvalue weighted by molar-refractivity contribution is 7.90. The van der Waals surface area contributed by atoms with Crippen LogP contribution in [0.2, 0.25) is 0 Å². The standard InChI is InChI=1S/C6H10N2O2S2/c1-12(9,10)4-6-8-5(2-7)3-11-6/h3H,2,4,7H2,1H3. The summed E-state index contributed by atoms with van der Waals surface area (Å²) in [6, 6.07) is 0. The van der Waals surface area contributed by atoms with Gasteiger partial charge in [0.15, 0.2) is 9.84 Å². The Kier molecular flexibility index (Phi) is 2.81. The molecule has 12 heavy (non-hydrogen) atoms. The van der Waals surface area contributed by atoms with Crippen LogP contribution in [-0.4, -0.2) is 19.7 Å². The molecule has 6 heteroatoms. The molecule has 0 aromatic carbocycles. The second-order valence-corrected chi connectivity index (χ2v) is 5.59. The van der Waals surface area contributed by atoms with E-state index < -0.39 is 9.84 Å². The lowest BCUT2D eigenvalue weighted by molar-refractivity contribution is 0.601. The lowest BCUT2D eigenvalue weighted by Gasteiger charge is -1.91. The predicted octanol–water partition coefficient (Wildman–Crippen LogP) is 0.146. The molecule has 0 atom stereocenters. The van der Waals surface area contributed by atoms with E-state index in [1.165, 1.54) is 17.6 Å². The van der Waals surface area contributed by atoms with E-state index >= 15 is 0 Å². The Bertz CT molecular complexity index is 355. The number of hydrogen-bond donors (Lipinski definition) is 1. The summed E-state index contributed by atoms with van der Waals surface area (Å²) >= 11 is 1.33. The fraction of sp³-hybridized carbons (Fsp3) is 0.500. The molecular weight excluding hydrogens is 196 g/mol. The van der Waals surface area contributed by atoms with E-state index in [9.17, 15) is 8.42 Å². The van der Waals surface area contributed by atoms with Crippen LogP contribution < -0.4 is 5.73 Å². The van der Waals surface area contributed by atoms with Gasteiger partial charge in [-0.2, -0.15) is 0 Å². The van der Waals surface area contributed by atoms with Crippen molar-refractivity contribution in [2.75, 3.05) is 6.26 Å². The maximum atomic E-state index is 10.8. The maximum absolute atomic E-state index is 10.8. The summed E-state index contributed by atoms with van der Waals surface area (Å²) in [4.78, 5) is 4.03. The summed E-state index contributed by atoms with van der Waals surface area (Å²) in [7, 11) is -2.96. The predicted molar refractivity (Wildman–Crippen MR) is 48.6 cm³/mol. The largest absolute Gasteiger partial charge is 0.325 e. The second-order valence-electron chi connectivity index (χ2n) is 2.51. The van der Waals surface area contributed by atoms with Gasteiger partial charge in [0, 0.05) is 18.2 Å². The van der Waals surface area contributed by atoms with Crippen molar-refractivity contribution in [3.05, 3.63) is 16.1 Å². The Balaban J connectivity index is 2.78. The Morgan fingerprint density at radius 3 is 2.75 bits per heavy atom. The molecule has 0 radical (unpaired) electrons. The Morgan fingerprint density at radius 1 is 1.67 bits per heavy atom. The molecule has 4 nitrogen and oxygen atoms in total. The van der Waals surface area contributed by atoms with E-state index in [1.807, 2.05) is 0 Å². The third kappa shape index (κ3) is 2.88. The maximum Gasteiger partial charge on any atom is 0.153 e. The summed E-state index contributed by atoms with van der Waals surface area (Å²) < 4.78 is 21.7. The van der Waals surface area contributed by atoms with Gasteiger partial charge in [-0.25, -0.2) is 13.4 Å². The van der Waals surface area contributed by atoms with Gasteiger partial charge in [0.25, 0.3) is 0 Å². The average Bonchev–Trinajstić information content (AvgIpc) is 2.32. The zero-order chi connectivity index (χ0) is 9.19. The van der Waals surface area contributed by atoms with Crippen molar-refractivity contribution in [2.24, 2.45) is 5.73 Å². The van der Waals surface area contributed by atoms with E-state index in [2.05, 4.69) is 4.98 Å². The first kappa shape index (κ1) is 9.63. The van der Waals surface area contributed by atoms with Crippen LogP contribution in [0.4, 0.5) is 0 Å². The van der Waals surface area contributed by atoms with Crippen molar-refractivity contribution in [2.45, 2.75) is 12.3 Å². The molecule has 0 spiro atoms. The molecule has 0 saturated heterocycles.